The highest BCUT2D eigenvalue weighted by Gasteiger charge is 2.26. The number of rotatable bonds is 7. The fourth-order valence-corrected chi connectivity index (χ4v) is 3.12. The van der Waals surface area contributed by atoms with Gasteiger partial charge >= 0.3 is 0 Å². The van der Waals surface area contributed by atoms with E-state index in [0.717, 1.165) is 36.8 Å². The molecule has 0 aromatic rings. The SMILES string of the molecule is CC(C)CNCC(C)C(C)N1CCC(C(C)C)CC1. The van der Waals surface area contributed by atoms with Gasteiger partial charge in [-0.1, -0.05) is 34.6 Å². The molecule has 19 heavy (non-hydrogen) atoms. The average molecular weight is 268 g/mol. The van der Waals surface area contributed by atoms with Gasteiger partial charge in [0.2, 0.25) is 0 Å². The molecular formula is C17H36N2. The van der Waals surface area contributed by atoms with Crippen molar-refractivity contribution in [3.05, 3.63) is 0 Å². The molecule has 0 saturated carbocycles. The summed E-state index contributed by atoms with van der Waals surface area (Å²) in [5.74, 6) is 3.32. The first-order chi connectivity index (χ1) is 8.91. The largest absolute Gasteiger partial charge is 0.316 e. The summed E-state index contributed by atoms with van der Waals surface area (Å²) in [5.41, 5.74) is 0. The first-order valence-corrected chi connectivity index (χ1v) is 8.36. The molecule has 2 unspecified atom stereocenters. The number of nitrogens with one attached hydrogen (secondary N) is 1. The molecule has 2 atom stereocenters. The minimum atomic E-state index is 0.716. The van der Waals surface area contributed by atoms with Crippen molar-refractivity contribution in [2.45, 2.75) is 60.4 Å². The summed E-state index contributed by atoms with van der Waals surface area (Å²) in [6, 6.07) is 0.716. The zero-order chi connectivity index (χ0) is 14.4. The molecule has 0 spiro atoms. The van der Waals surface area contributed by atoms with Crippen molar-refractivity contribution in [3.63, 3.8) is 0 Å². The molecule has 2 nitrogen and oxygen atoms in total. The molecule has 1 N–H and O–H groups in total. The second-order valence-electron chi connectivity index (χ2n) is 7.39. The molecule has 0 aromatic carbocycles. The van der Waals surface area contributed by atoms with Gasteiger partial charge in [-0.15, -0.1) is 0 Å². The predicted molar refractivity (Wildman–Crippen MR) is 85.5 cm³/mol. The Bertz CT molecular complexity index is 229. The van der Waals surface area contributed by atoms with Crippen molar-refractivity contribution < 1.29 is 0 Å². The summed E-state index contributed by atoms with van der Waals surface area (Å²) < 4.78 is 0. The van der Waals surface area contributed by atoms with E-state index >= 15 is 0 Å². The molecule has 1 saturated heterocycles. The second kappa shape index (κ2) is 8.26. The summed E-state index contributed by atoms with van der Waals surface area (Å²) in [4.78, 5) is 2.71. The lowest BCUT2D eigenvalue weighted by molar-refractivity contribution is 0.0950. The Labute approximate surface area is 121 Å². The standard InChI is InChI=1S/C17H36N2/c1-13(2)11-18-12-15(5)16(6)19-9-7-17(8-10-19)14(3)4/h13-18H,7-12H2,1-6H3. The molecular weight excluding hydrogens is 232 g/mol. The first-order valence-electron chi connectivity index (χ1n) is 8.36. The highest BCUT2D eigenvalue weighted by molar-refractivity contribution is 4.81. The first kappa shape index (κ1) is 17.0. The number of piperidine rings is 1. The molecule has 1 aliphatic rings. The molecule has 1 aliphatic heterocycles. The van der Waals surface area contributed by atoms with Crippen LogP contribution in [-0.2, 0) is 0 Å². The van der Waals surface area contributed by atoms with Crippen LogP contribution in [0.15, 0.2) is 0 Å². The van der Waals surface area contributed by atoms with Crippen molar-refractivity contribution in [1.82, 2.24) is 10.2 Å². The fraction of sp³-hybridized carbons (Fsp3) is 1.00. The lowest BCUT2D eigenvalue weighted by Crippen LogP contribution is -2.46. The van der Waals surface area contributed by atoms with Gasteiger partial charge in [-0.25, -0.2) is 0 Å². The molecule has 114 valence electrons. The van der Waals surface area contributed by atoms with E-state index in [-0.39, 0.29) is 0 Å². The second-order valence-corrected chi connectivity index (χ2v) is 7.39. The molecule has 2 heteroatoms. The van der Waals surface area contributed by atoms with Gasteiger partial charge in [0.15, 0.2) is 0 Å². The number of hydrogen-bond acceptors (Lipinski definition) is 2. The quantitative estimate of drug-likeness (QED) is 0.758. The van der Waals surface area contributed by atoms with Crippen molar-refractivity contribution in [2.75, 3.05) is 26.2 Å². The Morgan fingerprint density at radius 2 is 1.53 bits per heavy atom. The average Bonchev–Trinajstić information content (AvgIpc) is 2.37. The third-order valence-electron chi connectivity index (χ3n) is 4.94. The molecule has 0 aromatic heterocycles. The Morgan fingerprint density at radius 3 is 2.00 bits per heavy atom. The monoisotopic (exact) mass is 268 g/mol. The van der Waals surface area contributed by atoms with Crippen molar-refractivity contribution in [1.29, 1.82) is 0 Å². The summed E-state index contributed by atoms with van der Waals surface area (Å²) in [6.07, 6.45) is 2.79. The van der Waals surface area contributed by atoms with Gasteiger partial charge in [0, 0.05) is 6.04 Å². The van der Waals surface area contributed by atoms with Crippen LogP contribution >= 0.6 is 0 Å². The predicted octanol–water partition coefficient (Wildman–Crippen LogP) is 3.62. The van der Waals surface area contributed by atoms with Crippen LogP contribution in [0.25, 0.3) is 0 Å². The normalized spacial score (nSPS) is 22.1. The fourth-order valence-electron chi connectivity index (χ4n) is 3.12. The van der Waals surface area contributed by atoms with Crippen LogP contribution in [0, 0.1) is 23.7 Å². The van der Waals surface area contributed by atoms with Gasteiger partial charge in [0.25, 0.3) is 0 Å². The maximum absolute atomic E-state index is 3.60. The van der Waals surface area contributed by atoms with Gasteiger partial charge < -0.3 is 10.2 Å². The Kier molecular flexibility index (Phi) is 7.38. The van der Waals surface area contributed by atoms with Gasteiger partial charge in [0.1, 0.15) is 0 Å². The zero-order valence-electron chi connectivity index (χ0n) is 14.1. The summed E-state index contributed by atoms with van der Waals surface area (Å²) in [7, 11) is 0. The van der Waals surface area contributed by atoms with Gasteiger partial charge in [-0.05, 0) is 69.6 Å². The molecule has 0 radical (unpaired) electrons. The van der Waals surface area contributed by atoms with Crippen molar-refractivity contribution >= 4 is 0 Å². The summed E-state index contributed by atoms with van der Waals surface area (Å²) >= 11 is 0. The molecule has 1 rings (SSSR count). The zero-order valence-corrected chi connectivity index (χ0v) is 14.1. The minimum Gasteiger partial charge on any atom is -0.316 e. The third-order valence-corrected chi connectivity index (χ3v) is 4.94. The molecule has 1 heterocycles. The Morgan fingerprint density at radius 1 is 0.947 bits per heavy atom. The van der Waals surface area contributed by atoms with Crippen molar-refractivity contribution in [3.8, 4) is 0 Å². The number of hydrogen-bond donors (Lipinski definition) is 1. The summed E-state index contributed by atoms with van der Waals surface area (Å²) in [6.45, 7) is 19.0. The van der Waals surface area contributed by atoms with Crippen LogP contribution in [0.3, 0.4) is 0 Å². The van der Waals surface area contributed by atoms with Gasteiger partial charge in [-0.2, -0.15) is 0 Å². The van der Waals surface area contributed by atoms with Crippen LogP contribution in [-0.4, -0.2) is 37.1 Å². The summed E-state index contributed by atoms with van der Waals surface area (Å²) in [5, 5.41) is 3.60. The van der Waals surface area contributed by atoms with Gasteiger partial charge in [-0.3, -0.25) is 0 Å². The van der Waals surface area contributed by atoms with E-state index in [2.05, 4.69) is 51.8 Å². The number of likely N-dealkylation sites (tertiary alicyclic amines) is 1. The third kappa shape index (κ3) is 5.83. The Hall–Kier alpha value is -0.0800. The maximum atomic E-state index is 3.60. The minimum absolute atomic E-state index is 0.716. The molecule has 0 bridgehead atoms. The number of nitrogens with zero attached hydrogens (tertiary/aromatic N) is 1. The molecule has 0 amide bonds. The van der Waals surface area contributed by atoms with Crippen molar-refractivity contribution in [2.24, 2.45) is 23.7 Å². The van der Waals surface area contributed by atoms with Gasteiger partial charge in [0.05, 0.1) is 0 Å². The lowest BCUT2D eigenvalue weighted by atomic mass is 9.85. The molecule has 1 fully saturated rings. The maximum Gasteiger partial charge on any atom is 0.0105 e. The van der Waals surface area contributed by atoms with Crippen LogP contribution in [0.2, 0.25) is 0 Å². The van der Waals surface area contributed by atoms with Crippen LogP contribution in [0.1, 0.15) is 54.4 Å². The highest BCUT2D eigenvalue weighted by atomic mass is 15.2. The van der Waals surface area contributed by atoms with E-state index in [9.17, 15) is 0 Å². The van der Waals surface area contributed by atoms with Crippen LogP contribution in [0.4, 0.5) is 0 Å². The highest BCUT2D eigenvalue weighted by Crippen LogP contribution is 2.26. The van der Waals surface area contributed by atoms with E-state index in [4.69, 9.17) is 0 Å². The van der Waals surface area contributed by atoms with E-state index in [1.807, 2.05) is 0 Å². The van der Waals surface area contributed by atoms with E-state index in [0.29, 0.717) is 6.04 Å². The van der Waals surface area contributed by atoms with Crippen LogP contribution in [0.5, 0.6) is 0 Å². The van der Waals surface area contributed by atoms with Crippen LogP contribution < -0.4 is 5.32 Å². The Balaban J connectivity index is 2.27. The smallest absolute Gasteiger partial charge is 0.0105 e. The van der Waals surface area contributed by atoms with E-state index in [1.165, 1.54) is 25.9 Å². The molecule has 0 aliphatic carbocycles. The topological polar surface area (TPSA) is 15.3 Å². The van der Waals surface area contributed by atoms with E-state index < -0.39 is 0 Å². The lowest BCUT2D eigenvalue weighted by Gasteiger charge is -2.39. The van der Waals surface area contributed by atoms with E-state index in [1.54, 1.807) is 0 Å².